The van der Waals surface area contributed by atoms with Gasteiger partial charge in [0.25, 0.3) is 0 Å². The molecule has 7 heteroatoms. The van der Waals surface area contributed by atoms with E-state index in [-0.39, 0.29) is 16.9 Å². The molecule has 0 amide bonds. The van der Waals surface area contributed by atoms with E-state index in [9.17, 15) is 10.1 Å². The van der Waals surface area contributed by atoms with Gasteiger partial charge in [-0.05, 0) is 19.9 Å². The summed E-state index contributed by atoms with van der Waals surface area (Å²) in [7, 11) is 1.58. The second-order valence-corrected chi connectivity index (χ2v) is 4.38. The second kappa shape index (κ2) is 5.42. The summed E-state index contributed by atoms with van der Waals surface area (Å²) in [6, 6.07) is 4.44. The van der Waals surface area contributed by atoms with Crippen molar-refractivity contribution in [1.29, 1.82) is 5.26 Å². The highest BCUT2D eigenvalue weighted by atomic mass is 16.6. The Bertz CT molecular complexity index is 494. The largest absolute Gasteiger partial charge is 0.382 e. The fraction of sp³-hybridized carbons (Fsp3) is 0.455. The summed E-state index contributed by atoms with van der Waals surface area (Å²) in [5.74, 6) is 0.402. The summed E-state index contributed by atoms with van der Waals surface area (Å²) in [5, 5.41) is 22.5. The molecule has 1 rings (SSSR count). The van der Waals surface area contributed by atoms with Crippen LogP contribution in [0.15, 0.2) is 12.1 Å². The van der Waals surface area contributed by atoms with Gasteiger partial charge in [-0.25, -0.2) is 4.98 Å². The zero-order chi connectivity index (χ0) is 13.8. The molecule has 1 heterocycles. The molecule has 0 aliphatic heterocycles. The molecular weight excluding hydrogens is 236 g/mol. The second-order valence-electron chi connectivity index (χ2n) is 4.38. The maximum absolute atomic E-state index is 10.7. The third-order valence-corrected chi connectivity index (χ3v) is 2.15. The van der Waals surface area contributed by atoms with Gasteiger partial charge in [0.1, 0.15) is 11.9 Å². The van der Waals surface area contributed by atoms with E-state index >= 15 is 0 Å². The van der Waals surface area contributed by atoms with Crippen LogP contribution in [0.4, 0.5) is 11.5 Å². The van der Waals surface area contributed by atoms with E-state index in [1.165, 1.54) is 12.1 Å². The number of hydrogen-bond acceptors (Lipinski definition) is 6. The lowest BCUT2D eigenvalue weighted by molar-refractivity contribution is -0.385. The third-order valence-electron chi connectivity index (χ3n) is 2.15. The summed E-state index contributed by atoms with van der Waals surface area (Å²) in [5.41, 5.74) is -0.893. The van der Waals surface area contributed by atoms with Crippen molar-refractivity contribution in [2.75, 3.05) is 19.0 Å². The predicted molar refractivity (Wildman–Crippen MR) is 65.2 cm³/mol. The molecule has 0 bridgehead atoms. The van der Waals surface area contributed by atoms with E-state index in [1.54, 1.807) is 13.2 Å². The molecule has 7 nitrogen and oxygen atoms in total. The summed E-state index contributed by atoms with van der Waals surface area (Å²) in [4.78, 5) is 13.9. The molecule has 0 aliphatic rings. The molecule has 1 aromatic heterocycles. The van der Waals surface area contributed by atoms with Gasteiger partial charge in [0, 0.05) is 13.2 Å². The SMILES string of the molecule is COCC(C)(C)Nc1ccc([N+](=O)[O-])c(C#N)n1. The first-order chi connectivity index (χ1) is 8.39. The van der Waals surface area contributed by atoms with Crippen LogP contribution in [-0.4, -0.2) is 29.2 Å². The van der Waals surface area contributed by atoms with Crippen molar-refractivity contribution in [3.05, 3.63) is 27.9 Å². The number of nitrogens with one attached hydrogen (secondary N) is 1. The molecular formula is C11H14N4O3. The molecule has 0 saturated carbocycles. The highest BCUT2D eigenvalue weighted by molar-refractivity contribution is 5.51. The maximum Gasteiger partial charge on any atom is 0.305 e. The zero-order valence-electron chi connectivity index (χ0n) is 10.4. The van der Waals surface area contributed by atoms with Gasteiger partial charge in [-0.1, -0.05) is 0 Å². The van der Waals surface area contributed by atoms with Crippen LogP contribution in [0.5, 0.6) is 0 Å². The van der Waals surface area contributed by atoms with Crippen molar-refractivity contribution in [2.24, 2.45) is 0 Å². The Morgan fingerprint density at radius 1 is 1.61 bits per heavy atom. The Balaban J connectivity index is 3.00. The smallest absolute Gasteiger partial charge is 0.305 e. The first-order valence-corrected chi connectivity index (χ1v) is 5.22. The van der Waals surface area contributed by atoms with Gasteiger partial charge in [-0.2, -0.15) is 5.26 Å². The lowest BCUT2D eigenvalue weighted by Gasteiger charge is -2.25. The van der Waals surface area contributed by atoms with E-state index < -0.39 is 4.92 Å². The normalized spacial score (nSPS) is 10.8. The van der Waals surface area contributed by atoms with E-state index in [1.807, 2.05) is 13.8 Å². The minimum atomic E-state index is -0.629. The lowest BCUT2D eigenvalue weighted by atomic mass is 10.1. The number of nitriles is 1. The highest BCUT2D eigenvalue weighted by Gasteiger charge is 2.20. The average molecular weight is 250 g/mol. The Labute approximate surface area is 105 Å². The van der Waals surface area contributed by atoms with E-state index in [0.29, 0.717) is 12.4 Å². The van der Waals surface area contributed by atoms with Gasteiger partial charge in [-0.15, -0.1) is 0 Å². The quantitative estimate of drug-likeness (QED) is 0.630. The molecule has 1 aromatic rings. The zero-order valence-corrected chi connectivity index (χ0v) is 10.4. The molecule has 0 aliphatic carbocycles. The van der Waals surface area contributed by atoms with Crippen molar-refractivity contribution < 1.29 is 9.66 Å². The lowest BCUT2D eigenvalue weighted by Crippen LogP contribution is -2.36. The summed E-state index contributed by atoms with van der Waals surface area (Å²) in [6.07, 6.45) is 0. The number of rotatable bonds is 5. The van der Waals surface area contributed by atoms with Crippen LogP contribution in [0, 0.1) is 21.4 Å². The minimum Gasteiger partial charge on any atom is -0.382 e. The third kappa shape index (κ3) is 3.40. The fourth-order valence-corrected chi connectivity index (χ4v) is 1.49. The first kappa shape index (κ1) is 13.9. The standard InChI is InChI=1S/C11H14N4O3/c1-11(2,7-18-3)14-10-5-4-9(15(16)17)8(6-12)13-10/h4-5H,7H2,1-3H3,(H,13,14). The van der Waals surface area contributed by atoms with Crippen molar-refractivity contribution in [2.45, 2.75) is 19.4 Å². The van der Waals surface area contributed by atoms with Crippen LogP contribution < -0.4 is 5.32 Å². The van der Waals surface area contributed by atoms with Gasteiger partial charge < -0.3 is 10.1 Å². The molecule has 0 unspecified atom stereocenters. The maximum atomic E-state index is 10.7. The first-order valence-electron chi connectivity index (χ1n) is 5.22. The molecule has 0 spiro atoms. The highest BCUT2D eigenvalue weighted by Crippen LogP contribution is 2.20. The van der Waals surface area contributed by atoms with Crippen molar-refractivity contribution in [3.8, 4) is 6.07 Å². The number of nitrogens with zero attached hydrogens (tertiary/aromatic N) is 3. The van der Waals surface area contributed by atoms with Crippen molar-refractivity contribution in [3.63, 3.8) is 0 Å². The van der Waals surface area contributed by atoms with Crippen LogP contribution in [-0.2, 0) is 4.74 Å². The van der Waals surface area contributed by atoms with Crippen LogP contribution in [0.3, 0.4) is 0 Å². The number of hydrogen-bond donors (Lipinski definition) is 1. The molecule has 18 heavy (non-hydrogen) atoms. The van der Waals surface area contributed by atoms with Crippen LogP contribution in [0.25, 0.3) is 0 Å². The number of anilines is 1. The topological polar surface area (TPSA) is 101 Å². The van der Waals surface area contributed by atoms with Gasteiger partial charge in [0.15, 0.2) is 0 Å². The van der Waals surface area contributed by atoms with E-state index in [4.69, 9.17) is 10.00 Å². The molecule has 0 radical (unpaired) electrons. The number of aromatic nitrogens is 1. The Hall–Kier alpha value is -2.20. The number of methoxy groups -OCH3 is 1. The van der Waals surface area contributed by atoms with E-state index in [0.717, 1.165) is 0 Å². The molecule has 0 atom stereocenters. The molecule has 0 saturated heterocycles. The monoisotopic (exact) mass is 250 g/mol. The number of nitro groups is 1. The molecule has 0 fully saturated rings. The molecule has 0 aromatic carbocycles. The van der Waals surface area contributed by atoms with Crippen LogP contribution in [0.2, 0.25) is 0 Å². The van der Waals surface area contributed by atoms with Crippen molar-refractivity contribution >= 4 is 11.5 Å². The predicted octanol–water partition coefficient (Wildman–Crippen LogP) is 1.70. The summed E-state index contributed by atoms with van der Waals surface area (Å²) < 4.78 is 5.03. The summed E-state index contributed by atoms with van der Waals surface area (Å²) in [6.45, 7) is 4.23. The number of ether oxygens (including phenoxy) is 1. The van der Waals surface area contributed by atoms with Crippen LogP contribution in [0.1, 0.15) is 19.5 Å². The fourth-order valence-electron chi connectivity index (χ4n) is 1.49. The van der Waals surface area contributed by atoms with Crippen LogP contribution >= 0.6 is 0 Å². The average Bonchev–Trinajstić information content (AvgIpc) is 2.27. The number of pyridine rings is 1. The molecule has 1 N–H and O–H groups in total. The Kier molecular flexibility index (Phi) is 4.18. The minimum absolute atomic E-state index is 0.210. The van der Waals surface area contributed by atoms with Gasteiger partial charge >= 0.3 is 5.69 Å². The summed E-state index contributed by atoms with van der Waals surface area (Å²) >= 11 is 0. The Morgan fingerprint density at radius 2 is 2.28 bits per heavy atom. The van der Waals surface area contributed by atoms with Gasteiger partial charge in [0.2, 0.25) is 5.69 Å². The van der Waals surface area contributed by atoms with Gasteiger partial charge in [-0.3, -0.25) is 10.1 Å². The van der Waals surface area contributed by atoms with E-state index in [2.05, 4.69) is 10.3 Å². The Morgan fingerprint density at radius 3 is 2.78 bits per heavy atom. The van der Waals surface area contributed by atoms with Gasteiger partial charge in [0.05, 0.1) is 17.1 Å². The van der Waals surface area contributed by atoms with Crippen molar-refractivity contribution in [1.82, 2.24) is 4.98 Å². The molecule has 96 valence electrons.